The van der Waals surface area contributed by atoms with Crippen molar-refractivity contribution in [1.29, 1.82) is 0 Å². The van der Waals surface area contributed by atoms with Crippen LogP contribution in [0.25, 0.3) is 6.08 Å². The third kappa shape index (κ3) is 7.17. The summed E-state index contributed by atoms with van der Waals surface area (Å²) in [4.78, 5) is 11.2. The van der Waals surface area contributed by atoms with Gasteiger partial charge in [-0.15, -0.1) is 0 Å². The van der Waals surface area contributed by atoms with Crippen LogP contribution in [-0.4, -0.2) is 35.5 Å². The highest BCUT2D eigenvalue weighted by Gasteiger charge is 2.15. The molecule has 0 aromatic heterocycles. The fourth-order valence-corrected chi connectivity index (χ4v) is 3.04. The van der Waals surface area contributed by atoms with Crippen LogP contribution < -0.4 is 4.74 Å². The van der Waals surface area contributed by atoms with E-state index in [1.807, 2.05) is 30.3 Å². The number of hydrogen-bond acceptors (Lipinski definition) is 5. The Morgan fingerprint density at radius 3 is 2.57 bits per heavy atom. The molecule has 2 atom stereocenters. The lowest BCUT2D eigenvalue weighted by Crippen LogP contribution is -2.20. The number of carbonyl (C=O) groups is 1. The molecule has 7 heteroatoms. The summed E-state index contributed by atoms with van der Waals surface area (Å²) >= 11 is 12.4. The summed E-state index contributed by atoms with van der Waals surface area (Å²) in [6, 6.07) is 12.9. The largest absolute Gasteiger partial charge is 0.488 e. The first-order chi connectivity index (χ1) is 13.4. The van der Waals surface area contributed by atoms with Crippen molar-refractivity contribution in [1.82, 2.24) is 0 Å². The Morgan fingerprint density at radius 1 is 1.18 bits per heavy atom. The van der Waals surface area contributed by atoms with Crippen molar-refractivity contribution in [3.05, 3.63) is 69.7 Å². The van der Waals surface area contributed by atoms with Gasteiger partial charge in [-0.25, -0.2) is 0 Å². The maximum Gasteiger partial charge on any atom is 0.308 e. The number of halogens is 2. The molecule has 0 saturated carbocycles. The number of carbonyl (C=O) groups excluding carboxylic acids is 1. The van der Waals surface area contributed by atoms with Gasteiger partial charge in [0.25, 0.3) is 0 Å². The fraction of sp³-hybridized carbons (Fsp3) is 0.286. The monoisotopic (exact) mass is 424 g/mol. The van der Waals surface area contributed by atoms with Gasteiger partial charge in [0, 0.05) is 17.0 Å². The van der Waals surface area contributed by atoms with Gasteiger partial charge in [-0.3, -0.25) is 4.79 Å². The number of ether oxygens (including phenoxy) is 2. The standard InChI is InChI=1S/C21H22Cl2O5/c1-27-21(26)12-17(25)11-16(24)7-8-18-19(23)9-15(22)10-20(18)28-13-14-5-3-2-4-6-14/h2-10,16-17,24-25H,11-13H2,1H3/b8-7+/t16-,17-/m1/s1. The zero-order valence-corrected chi connectivity index (χ0v) is 16.9. The molecule has 0 amide bonds. The molecule has 0 aliphatic carbocycles. The van der Waals surface area contributed by atoms with E-state index in [0.29, 0.717) is 28.0 Å². The molecule has 0 bridgehead atoms. The van der Waals surface area contributed by atoms with E-state index in [2.05, 4.69) is 4.74 Å². The molecule has 0 unspecified atom stereocenters. The Hall–Kier alpha value is -2.05. The van der Waals surface area contributed by atoms with E-state index < -0.39 is 18.2 Å². The lowest BCUT2D eigenvalue weighted by atomic mass is 10.1. The predicted octanol–water partition coefficient (Wildman–Crippen LogP) is 4.26. The fourth-order valence-electron chi connectivity index (χ4n) is 2.50. The molecule has 0 radical (unpaired) electrons. The van der Waals surface area contributed by atoms with E-state index in [4.69, 9.17) is 27.9 Å². The molecule has 28 heavy (non-hydrogen) atoms. The highest BCUT2D eigenvalue weighted by atomic mass is 35.5. The van der Waals surface area contributed by atoms with Crippen LogP contribution in [0.1, 0.15) is 24.0 Å². The summed E-state index contributed by atoms with van der Waals surface area (Å²) in [5.74, 6) is -0.0686. The van der Waals surface area contributed by atoms with Gasteiger partial charge in [-0.2, -0.15) is 0 Å². The quantitative estimate of drug-likeness (QED) is 0.588. The van der Waals surface area contributed by atoms with Gasteiger partial charge in [0.15, 0.2) is 0 Å². The van der Waals surface area contributed by atoms with Crippen molar-refractivity contribution in [2.24, 2.45) is 0 Å². The summed E-state index contributed by atoms with van der Waals surface area (Å²) < 4.78 is 10.3. The van der Waals surface area contributed by atoms with Gasteiger partial charge < -0.3 is 19.7 Å². The Morgan fingerprint density at radius 2 is 1.89 bits per heavy atom. The van der Waals surface area contributed by atoms with Crippen LogP contribution in [0.4, 0.5) is 0 Å². The van der Waals surface area contributed by atoms with Crippen molar-refractivity contribution >= 4 is 35.2 Å². The molecule has 0 saturated heterocycles. The average molecular weight is 425 g/mol. The Balaban J connectivity index is 2.08. The van der Waals surface area contributed by atoms with E-state index in [1.54, 1.807) is 18.2 Å². The molecule has 2 N–H and O–H groups in total. The molecule has 150 valence electrons. The molecule has 0 aliphatic heterocycles. The second-order valence-corrected chi connectivity index (χ2v) is 7.01. The number of esters is 1. The molecule has 0 spiro atoms. The van der Waals surface area contributed by atoms with Crippen LogP contribution in [0.15, 0.2) is 48.5 Å². The minimum absolute atomic E-state index is 0.0169. The number of benzene rings is 2. The molecular weight excluding hydrogens is 403 g/mol. The van der Waals surface area contributed by atoms with E-state index in [0.717, 1.165) is 5.56 Å². The second-order valence-electron chi connectivity index (χ2n) is 6.17. The number of aliphatic hydroxyl groups excluding tert-OH is 2. The van der Waals surface area contributed by atoms with Gasteiger partial charge in [-0.1, -0.05) is 65.7 Å². The van der Waals surface area contributed by atoms with Crippen LogP contribution in [-0.2, 0) is 16.1 Å². The molecule has 5 nitrogen and oxygen atoms in total. The normalized spacial score (nSPS) is 13.3. The Bertz CT molecular complexity index is 808. The molecule has 2 aromatic rings. The number of rotatable bonds is 9. The predicted molar refractivity (Wildman–Crippen MR) is 110 cm³/mol. The smallest absolute Gasteiger partial charge is 0.308 e. The lowest BCUT2D eigenvalue weighted by Gasteiger charge is -2.14. The summed E-state index contributed by atoms with van der Waals surface area (Å²) in [5.41, 5.74) is 1.54. The number of hydrogen-bond donors (Lipinski definition) is 2. The number of aliphatic hydroxyl groups is 2. The van der Waals surface area contributed by atoms with Gasteiger partial charge in [0.1, 0.15) is 12.4 Å². The molecule has 2 aromatic carbocycles. The molecule has 0 fully saturated rings. The zero-order valence-electron chi connectivity index (χ0n) is 15.3. The van der Waals surface area contributed by atoms with Crippen molar-refractivity contribution in [3.63, 3.8) is 0 Å². The first kappa shape index (κ1) is 22.2. The van der Waals surface area contributed by atoms with Crippen molar-refractivity contribution in [3.8, 4) is 5.75 Å². The Labute approximate surface area is 174 Å². The highest BCUT2D eigenvalue weighted by Crippen LogP contribution is 2.33. The lowest BCUT2D eigenvalue weighted by molar-refractivity contribution is -0.143. The van der Waals surface area contributed by atoms with Crippen molar-refractivity contribution in [2.45, 2.75) is 31.7 Å². The van der Waals surface area contributed by atoms with Crippen LogP contribution in [0.5, 0.6) is 5.75 Å². The number of methoxy groups -OCH3 is 1. The minimum atomic E-state index is -1.01. The van der Waals surface area contributed by atoms with Crippen LogP contribution >= 0.6 is 23.2 Å². The molecule has 0 heterocycles. The Kier molecular flexibility index (Phi) is 8.80. The topological polar surface area (TPSA) is 76.0 Å². The van der Waals surface area contributed by atoms with E-state index in [9.17, 15) is 15.0 Å². The summed E-state index contributed by atoms with van der Waals surface area (Å²) in [7, 11) is 1.24. The van der Waals surface area contributed by atoms with Crippen LogP contribution in [0.3, 0.4) is 0 Å². The van der Waals surface area contributed by atoms with E-state index in [-0.39, 0.29) is 12.8 Å². The molecule has 2 rings (SSSR count). The highest BCUT2D eigenvalue weighted by molar-refractivity contribution is 6.35. The SMILES string of the molecule is COC(=O)C[C@H](O)C[C@H](O)/C=C/c1c(Cl)cc(Cl)cc1OCc1ccccc1. The van der Waals surface area contributed by atoms with Gasteiger partial charge in [0.2, 0.25) is 0 Å². The average Bonchev–Trinajstić information content (AvgIpc) is 2.65. The third-order valence-electron chi connectivity index (χ3n) is 3.92. The summed E-state index contributed by atoms with van der Waals surface area (Å²) in [6.07, 6.45) is 0.889. The van der Waals surface area contributed by atoms with Crippen molar-refractivity contribution < 1.29 is 24.5 Å². The first-order valence-electron chi connectivity index (χ1n) is 8.66. The summed E-state index contributed by atoms with van der Waals surface area (Å²) in [6.45, 7) is 0.332. The maximum absolute atomic E-state index is 11.2. The van der Waals surface area contributed by atoms with E-state index >= 15 is 0 Å². The third-order valence-corrected chi connectivity index (χ3v) is 4.45. The maximum atomic E-state index is 11.2. The molecule has 0 aliphatic rings. The summed E-state index contributed by atoms with van der Waals surface area (Å²) in [5, 5.41) is 20.7. The first-order valence-corrected chi connectivity index (χ1v) is 9.41. The molecular formula is C21H22Cl2O5. The van der Waals surface area contributed by atoms with E-state index in [1.165, 1.54) is 13.2 Å². The zero-order chi connectivity index (χ0) is 20.5. The minimum Gasteiger partial charge on any atom is -0.488 e. The van der Waals surface area contributed by atoms with Gasteiger partial charge in [-0.05, 0) is 17.7 Å². The van der Waals surface area contributed by atoms with Gasteiger partial charge >= 0.3 is 5.97 Å². The van der Waals surface area contributed by atoms with Gasteiger partial charge in [0.05, 0.1) is 30.8 Å². The van der Waals surface area contributed by atoms with Crippen LogP contribution in [0.2, 0.25) is 10.0 Å². The van der Waals surface area contributed by atoms with Crippen LogP contribution in [0, 0.1) is 0 Å². The van der Waals surface area contributed by atoms with Crippen molar-refractivity contribution in [2.75, 3.05) is 7.11 Å². The second kappa shape index (κ2) is 11.1.